The van der Waals surface area contributed by atoms with Gasteiger partial charge in [-0.3, -0.25) is 0 Å². The van der Waals surface area contributed by atoms with Crippen molar-refractivity contribution in [3.05, 3.63) is 29.1 Å². The molecular formula is C8H4F5N. The quantitative estimate of drug-likeness (QED) is 0.296. The third-order valence-corrected chi connectivity index (χ3v) is 1.95. The summed E-state index contributed by atoms with van der Waals surface area (Å²) in [5.41, 5.74) is -0.832. The molecule has 1 saturated heterocycles. The van der Waals surface area contributed by atoms with Gasteiger partial charge in [0.05, 0.1) is 0 Å². The van der Waals surface area contributed by atoms with Crippen LogP contribution in [0.15, 0.2) is 0 Å². The van der Waals surface area contributed by atoms with Gasteiger partial charge in [0.15, 0.2) is 23.3 Å². The summed E-state index contributed by atoms with van der Waals surface area (Å²) >= 11 is 0. The van der Waals surface area contributed by atoms with Crippen molar-refractivity contribution in [1.29, 1.82) is 0 Å². The monoisotopic (exact) mass is 209 g/mol. The Kier molecular flexibility index (Phi) is 1.87. The van der Waals surface area contributed by atoms with Gasteiger partial charge in [0.25, 0.3) is 0 Å². The molecule has 0 atom stereocenters. The van der Waals surface area contributed by atoms with Crippen molar-refractivity contribution in [2.45, 2.75) is 0 Å². The maximum absolute atomic E-state index is 12.9. The zero-order valence-corrected chi connectivity index (χ0v) is 6.75. The fraction of sp³-hybridized carbons (Fsp3) is 0.250. The van der Waals surface area contributed by atoms with Crippen LogP contribution in [0, 0.1) is 29.1 Å². The predicted molar refractivity (Wildman–Crippen MR) is 38.4 cm³/mol. The Morgan fingerprint density at radius 3 is 1.36 bits per heavy atom. The third kappa shape index (κ3) is 1.13. The van der Waals surface area contributed by atoms with E-state index in [1.54, 1.807) is 0 Å². The van der Waals surface area contributed by atoms with E-state index < -0.39 is 34.8 Å². The first-order valence-electron chi connectivity index (χ1n) is 3.80. The molecule has 0 aliphatic carbocycles. The summed E-state index contributed by atoms with van der Waals surface area (Å²) in [5, 5.41) is 0. The van der Waals surface area contributed by atoms with Gasteiger partial charge in [0, 0.05) is 13.1 Å². The molecule has 1 aromatic rings. The SMILES string of the molecule is Fc1c(F)c(F)c(N2CC2)c(F)c1F. The molecule has 0 N–H and O–H groups in total. The molecule has 2 rings (SSSR count). The molecule has 14 heavy (non-hydrogen) atoms. The van der Waals surface area contributed by atoms with Crippen molar-refractivity contribution in [2.75, 3.05) is 18.0 Å². The Bertz CT molecular complexity index is 370. The molecule has 1 aromatic carbocycles. The largest absolute Gasteiger partial charge is 0.363 e. The van der Waals surface area contributed by atoms with Crippen molar-refractivity contribution >= 4 is 5.69 Å². The molecule has 0 radical (unpaired) electrons. The number of anilines is 1. The molecule has 6 heteroatoms. The van der Waals surface area contributed by atoms with Crippen LogP contribution in [-0.2, 0) is 0 Å². The maximum Gasteiger partial charge on any atom is 0.200 e. The van der Waals surface area contributed by atoms with E-state index in [1.165, 1.54) is 0 Å². The molecule has 1 fully saturated rings. The van der Waals surface area contributed by atoms with Crippen LogP contribution >= 0.6 is 0 Å². The number of benzene rings is 1. The Hall–Kier alpha value is -1.33. The van der Waals surface area contributed by atoms with Crippen molar-refractivity contribution in [2.24, 2.45) is 0 Å². The lowest BCUT2D eigenvalue weighted by Crippen LogP contribution is -2.07. The zero-order valence-electron chi connectivity index (χ0n) is 6.75. The van der Waals surface area contributed by atoms with Crippen molar-refractivity contribution in [3.8, 4) is 0 Å². The van der Waals surface area contributed by atoms with Crippen LogP contribution in [-0.4, -0.2) is 13.1 Å². The van der Waals surface area contributed by atoms with Gasteiger partial charge in [0.2, 0.25) is 5.82 Å². The summed E-state index contributed by atoms with van der Waals surface area (Å²) in [5.74, 6) is -9.44. The first-order chi connectivity index (χ1) is 6.54. The Morgan fingerprint density at radius 2 is 1.00 bits per heavy atom. The van der Waals surface area contributed by atoms with Crippen molar-refractivity contribution < 1.29 is 22.0 Å². The van der Waals surface area contributed by atoms with Gasteiger partial charge in [-0.25, -0.2) is 22.0 Å². The Morgan fingerprint density at radius 1 is 0.643 bits per heavy atom. The van der Waals surface area contributed by atoms with E-state index in [2.05, 4.69) is 0 Å². The molecule has 1 aliphatic heterocycles. The fourth-order valence-electron chi connectivity index (χ4n) is 1.14. The molecule has 76 valence electrons. The minimum Gasteiger partial charge on any atom is -0.363 e. The summed E-state index contributed by atoms with van der Waals surface area (Å²) in [4.78, 5) is 1.07. The van der Waals surface area contributed by atoms with Gasteiger partial charge in [0.1, 0.15) is 5.69 Å². The Labute approximate surface area is 75.7 Å². The third-order valence-electron chi connectivity index (χ3n) is 1.95. The lowest BCUT2D eigenvalue weighted by atomic mass is 10.2. The van der Waals surface area contributed by atoms with Crippen LogP contribution in [0.3, 0.4) is 0 Å². The summed E-state index contributed by atoms with van der Waals surface area (Å²) in [6.07, 6.45) is 0. The zero-order chi connectivity index (χ0) is 10.5. The summed E-state index contributed by atoms with van der Waals surface area (Å²) in [6, 6.07) is 0. The lowest BCUT2D eigenvalue weighted by molar-refractivity contribution is 0.380. The summed E-state index contributed by atoms with van der Waals surface area (Å²) in [7, 11) is 0. The van der Waals surface area contributed by atoms with Crippen LogP contribution in [0.2, 0.25) is 0 Å². The van der Waals surface area contributed by atoms with E-state index in [9.17, 15) is 22.0 Å². The standard InChI is InChI=1S/C8H4F5N/c9-3-4(10)6(12)8(14-1-2-14)7(13)5(3)11/h1-2H2. The molecule has 1 aliphatic rings. The first kappa shape index (κ1) is 9.23. The molecule has 1 heterocycles. The lowest BCUT2D eigenvalue weighted by Gasteiger charge is -2.08. The van der Waals surface area contributed by atoms with Crippen LogP contribution in [0.1, 0.15) is 0 Å². The number of rotatable bonds is 1. The highest BCUT2D eigenvalue weighted by atomic mass is 19.2. The predicted octanol–water partition coefficient (Wildman–Crippen LogP) is 2.20. The minimum absolute atomic E-state index is 0.304. The smallest absolute Gasteiger partial charge is 0.200 e. The highest BCUT2D eigenvalue weighted by molar-refractivity contribution is 5.54. The van der Waals surface area contributed by atoms with Crippen LogP contribution in [0.4, 0.5) is 27.6 Å². The molecule has 0 unspecified atom stereocenters. The van der Waals surface area contributed by atoms with Crippen molar-refractivity contribution in [3.63, 3.8) is 0 Å². The molecule has 0 spiro atoms. The van der Waals surface area contributed by atoms with Crippen LogP contribution < -0.4 is 4.90 Å². The van der Waals surface area contributed by atoms with Crippen LogP contribution in [0.25, 0.3) is 0 Å². The van der Waals surface area contributed by atoms with E-state index in [-0.39, 0.29) is 0 Å². The summed E-state index contributed by atoms with van der Waals surface area (Å²) in [6.45, 7) is 0.608. The van der Waals surface area contributed by atoms with Crippen molar-refractivity contribution in [1.82, 2.24) is 0 Å². The molecular weight excluding hydrogens is 205 g/mol. The average molecular weight is 209 g/mol. The van der Waals surface area contributed by atoms with E-state index in [0.717, 1.165) is 4.90 Å². The number of hydrogen-bond donors (Lipinski definition) is 0. The molecule has 1 nitrogen and oxygen atoms in total. The van der Waals surface area contributed by atoms with Gasteiger partial charge in [-0.2, -0.15) is 0 Å². The second-order valence-electron chi connectivity index (χ2n) is 2.91. The molecule has 0 bridgehead atoms. The van der Waals surface area contributed by atoms with E-state index in [1.807, 2.05) is 0 Å². The highest BCUT2D eigenvalue weighted by Crippen LogP contribution is 2.32. The first-order valence-corrected chi connectivity index (χ1v) is 3.80. The molecule has 0 amide bonds. The van der Waals surface area contributed by atoms with Gasteiger partial charge in [-0.05, 0) is 0 Å². The van der Waals surface area contributed by atoms with Crippen LogP contribution in [0.5, 0.6) is 0 Å². The van der Waals surface area contributed by atoms with E-state index in [0.29, 0.717) is 13.1 Å². The number of halogens is 5. The topological polar surface area (TPSA) is 3.01 Å². The van der Waals surface area contributed by atoms with Gasteiger partial charge in [-0.15, -0.1) is 0 Å². The van der Waals surface area contributed by atoms with Gasteiger partial charge in [-0.1, -0.05) is 0 Å². The number of hydrogen-bond acceptors (Lipinski definition) is 1. The maximum atomic E-state index is 12.9. The second kappa shape index (κ2) is 2.83. The van der Waals surface area contributed by atoms with Gasteiger partial charge >= 0.3 is 0 Å². The van der Waals surface area contributed by atoms with E-state index in [4.69, 9.17) is 0 Å². The molecule has 0 aromatic heterocycles. The number of nitrogens with zero attached hydrogens (tertiary/aromatic N) is 1. The summed E-state index contributed by atoms with van der Waals surface area (Å²) < 4.78 is 63.6. The highest BCUT2D eigenvalue weighted by Gasteiger charge is 2.32. The fourth-order valence-corrected chi connectivity index (χ4v) is 1.14. The minimum atomic E-state index is -2.12. The Balaban J connectivity index is 2.69. The second-order valence-corrected chi connectivity index (χ2v) is 2.91. The molecule has 0 saturated carbocycles. The van der Waals surface area contributed by atoms with E-state index >= 15 is 0 Å². The average Bonchev–Trinajstić information content (AvgIpc) is 2.96. The van der Waals surface area contributed by atoms with Gasteiger partial charge < -0.3 is 4.90 Å². The normalized spacial score (nSPS) is 14.8.